The van der Waals surface area contributed by atoms with E-state index in [-0.39, 0.29) is 0 Å². The van der Waals surface area contributed by atoms with Gasteiger partial charge in [-0.15, -0.1) is 0 Å². The molecule has 6 heteroatoms. The van der Waals surface area contributed by atoms with Gasteiger partial charge in [-0.1, -0.05) is 128 Å². The molecule has 0 rings (SSSR count). The van der Waals surface area contributed by atoms with E-state index in [0.29, 0.717) is 12.8 Å². The molecule has 0 bridgehead atoms. The van der Waals surface area contributed by atoms with E-state index in [9.17, 15) is 25.2 Å². The Kier molecular flexibility index (Phi) is 30.3. The average Bonchev–Trinajstić information content (AvgIpc) is 2.99. The number of aliphatic hydroxyl groups excluding tert-OH is 4. The molecule has 0 fully saturated rings. The van der Waals surface area contributed by atoms with E-state index in [1.165, 1.54) is 83.5 Å². The Morgan fingerprint density at radius 3 is 1.48 bits per heavy atom. The maximum absolute atomic E-state index is 12.4. The van der Waals surface area contributed by atoms with Crippen molar-refractivity contribution in [2.24, 2.45) is 0 Å². The van der Waals surface area contributed by atoms with E-state index in [4.69, 9.17) is 0 Å². The van der Waals surface area contributed by atoms with Crippen LogP contribution in [0.3, 0.4) is 0 Å². The molecular formula is C36H69NO5. The average molecular weight is 596 g/mol. The number of unbranched alkanes of at least 4 members (excludes halogenated alkanes) is 18. The lowest BCUT2D eigenvalue weighted by Crippen LogP contribution is -2.53. The highest BCUT2D eigenvalue weighted by molar-refractivity contribution is 5.80. The van der Waals surface area contributed by atoms with Crippen LogP contribution in [0.2, 0.25) is 0 Å². The van der Waals surface area contributed by atoms with Crippen molar-refractivity contribution >= 4 is 5.91 Å². The number of carbonyl (C=O) groups excluding carboxylic acids is 1. The molecule has 0 aliphatic rings. The van der Waals surface area contributed by atoms with Crippen molar-refractivity contribution in [3.63, 3.8) is 0 Å². The van der Waals surface area contributed by atoms with Crippen LogP contribution in [0.5, 0.6) is 0 Å². The minimum atomic E-state index is -1.28. The van der Waals surface area contributed by atoms with Crippen LogP contribution in [0, 0.1) is 0 Å². The second-order valence-electron chi connectivity index (χ2n) is 12.2. The quantitative estimate of drug-likeness (QED) is 0.0411. The first-order valence-electron chi connectivity index (χ1n) is 17.7. The van der Waals surface area contributed by atoms with Gasteiger partial charge in [-0.2, -0.15) is 0 Å². The molecule has 248 valence electrons. The molecule has 0 aliphatic carbocycles. The zero-order valence-electron chi connectivity index (χ0n) is 27.5. The third-order valence-corrected chi connectivity index (χ3v) is 8.13. The van der Waals surface area contributed by atoms with Gasteiger partial charge < -0.3 is 25.7 Å². The predicted molar refractivity (Wildman–Crippen MR) is 177 cm³/mol. The fourth-order valence-corrected chi connectivity index (χ4v) is 5.22. The minimum absolute atomic E-state index is 0.348. The lowest BCUT2D eigenvalue weighted by Gasteiger charge is -2.27. The number of hydrogen-bond donors (Lipinski definition) is 5. The summed E-state index contributed by atoms with van der Waals surface area (Å²) < 4.78 is 0. The topological polar surface area (TPSA) is 110 Å². The van der Waals surface area contributed by atoms with Crippen molar-refractivity contribution in [2.45, 2.75) is 192 Å². The predicted octanol–water partition coefficient (Wildman–Crippen LogP) is 8.06. The number of aliphatic hydroxyl groups is 4. The van der Waals surface area contributed by atoms with Crippen LogP contribution in [-0.4, -0.2) is 57.3 Å². The lowest BCUT2D eigenvalue weighted by atomic mass is 10.00. The monoisotopic (exact) mass is 596 g/mol. The van der Waals surface area contributed by atoms with Gasteiger partial charge in [0.25, 0.3) is 0 Å². The van der Waals surface area contributed by atoms with E-state index in [1.807, 2.05) is 0 Å². The van der Waals surface area contributed by atoms with E-state index in [1.54, 1.807) is 0 Å². The van der Waals surface area contributed by atoms with Gasteiger partial charge in [0.05, 0.1) is 18.8 Å². The molecule has 0 aromatic carbocycles. The van der Waals surface area contributed by atoms with Crippen molar-refractivity contribution in [2.75, 3.05) is 6.61 Å². The highest BCUT2D eigenvalue weighted by atomic mass is 16.3. The minimum Gasteiger partial charge on any atom is -0.394 e. The summed E-state index contributed by atoms with van der Waals surface area (Å²) in [7, 11) is 0. The Labute approximate surface area is 259 Å². The number of amides is 1. The van der Waals surface area contributed by atoms with E-state index < -0.39 is 36.9 Å². The second kappa shape index (κ2) is 31.2. The van der Waals surface area contributed by atoms with Gasteiger partial charge >= 0.3 is 0 Å². The SMILES string of the molecule is CCCCC/C=C\CCCCCCC(O)C(=O)NC(CO)C(O)C(O)CCC/C=C/CCCCCCCCCCCC. The third kappa shape index (κ3) is 25.3. The molecule has 5 N–H and O–H groups in total. The fraction of sp³-hybridized carbons (Fsp3) is 0.861. The Morgan fingerprint density at radius 2 is 0.976 bits per heavy atom. The van der Waals surface area contributed by atoms with Crippen LogP contribution in [0.25, 0.3) is 0 Å². The molecule has 0 heterocycles. The van der Waals surface area contributed by atoms with Crippen LogP contribution in [-0.2, 0) is 4.79 Å². The Balaban J connectivity index is 3.90. The molecule has 0 radical (unpaired) electrons. The number of allylic oxidation sites excluding steroid dienone is 4. The molecule has 4 unspecified atom stereocenters. The van der Waals surface area contributed by atoms with E-state index >= 15 is 0 Å². The first-order valence-corrected chi connectivity index (χ1v) is 17.7. The third-order valence-electron chi connectivity index (χ3n) is 8.13. The van der Waals surface area contributed by atoms with Crippen LogP contribution in [0.4, 0.5) is 0 Å². The van der Waals surface area contributed by atoms with Crippen LogP contribution in [0.1, 0.15) is 168 Å². The normalized spacial score (nSPS) is 14.9. The summed E-state index contributed by atoms with van der Waals surface area (Å²) in [4.78, 5) is 12.4. The largest absolute Gasteiger partial charge is 0.394 e. The molecule has 4 atom stereocenters. The summed E-state index contributed by atoms with van der Waals surface area (Å²) >= 11 is 0. The zero-order chi connectivity index (χ0) is 31.1. The zero-order valence-corrected chi connectivity index (χ0v) is 27.5. The first-order chi connectivity index (χ1) is 20.5. The van der Waals surface area contributed by atoms with Gasteiger partial charge in [0.15, 0.2) is 0 Å². The van der Waals surface area contributed by atoms with Crippen molar-refractivity contribution in [1.82, 2.24) is 5.32 Å². The molecule has 42 heavy (non-hydrogen) atoms. The highest BCUT2D eigenvalue weighted by Gasteiger charge is 2.28. The van der Waals surface area contributed by atoms with Crippen molar-refractivity contribution in [3.8, 4) is 0 Å². The van der Waals surface area contributed by atoms with Crippen LogP contribution < -0.4 is 5.32 Å². The molecule has 6 nitrogen and oxygen atoms in total. The number of nitrogens with one attached hydrogen (secondary N) is 1. The highest BCUT2D eigenvalue weighted by Crippen LogP contribution is 2.14. The van der Waals surface area contributed by atoms with Gasteiger partial charge in [0.1, 0.15) is 12.2 Å². The summed E-state index contributed by atoms with van der Waals surface area (Å²) in [5, 5.41) is 43.3. The van der Waals surface area contributed by atoms with Gasteiger partial charge in [-0.25, -0.2) is 0 Å². The van der Waals surface area contributed by atoms with Crippen molar-refractivity contribution < 1.29 is 25.2 Å². The number of rotatable bonds is 31. The molecule has 0 spiro atoms. The van der Waals surface area contributed by atoms with Gasteiger partial charge in [0.2, 0.25) is 5.91 Å². The molecule has 0 saturated heterocycles. The molecule has 0 aromatic heterocycles. The Morgan fingerprint density at radius 1 is 0.571 bits per heavy atom. The van der Waals surface area contributed by atoms with Gasteiger partial charge in [0, 0.05) is 0 Å². The van der Waals surface area contributed by atoms with Gasteiger partial charge in [-0.05, 0) is 64.2 Å². The summed E-state index contributed by atoms with van der Waals surface area (Å²) in [5.41, 5.74) is 0. The molecule has 0 aliphatic heterocycles. The fourth-order valence-electron chi connectivity index (χ4n) is 5.22. The number of carbonyl (C=O) groups is 1. The molecular weight excluding hydrogens is 526 g/mol. The molecule has 1 amide bonds. The van der Waals surface area contributed by atoms with Crippen LogP contribution >= 0.6 is 0 Å². The molecule has 0 aromatic rings. The van der Waals surface area contributed by atoms with E-state index in [2.05, 4.69) is 43.5 Å². The van der Waals surface area contributed by atoms with Crippen LogP contribution in [0.15, 0.2) is 24.3 Å². The maximum atomic E-state index is 12.4. The second-order valence-corrected chi connectivity index (χ2v) is 12.2. The molecule has 0 saturated carbocycles. The lowest BCUT2D eigenvalue weighted by molar-refractivity contribution is -0.132. The van der Waals surface area contributed by atoms with Gasteiger partial charge in [-0.3, -0.25) is 4.79 Å². The first kappa shape index (κ1) is 40.8. The smallest absolute Gasteiger partial charge is 0.249 e. The Bertz CT molecular complexity index is 638. The van der Waals surface area contributed by atoms with Crippen molar-refractivity contribution in [1.29, 1.82) is 0 Å². The van der Waals surface area contributed by atoms with E-state index in [0.717, 1.165) is 57.8 Å². The summed E-state index contributed by atoms with van der Waals surface area (Å²) in [5.74, 6) is -0.606. The summed E-state index contributed by atoms with van der Waals surface area (Å²) in [6.07, 6.45) is 32.0. The standard InChI is InChI=1S/C36H69NO5/c1-3-5-7-9-11-13-15-16-17-18-20-21-23-25-27-29-33(39)35(41)32(31-38)37-36(42)34(40)30-28-26-24-22-19-14-12-10-8-6-4-2/h12,14,21,23,32-35,38-41H,3-11,13,15-20,22,24-31H2,1-2H3,(H,37,42)/b14-12-,23-21+. The Hall–Kier alpha value is -1.21. The van der Waals surface area contributed by atoms with Crippen molar-refractivity contribution in [3.05, 3.63) is 24.3 Å². The maximum Gasteiger partial charge on any atom is 0.249 e. The number of hydrogen-bond acceptors (Lipinski definition) is 5. The summed E-state index contributed by atoms with van der Waals surface area (Å²) in [6, 6.07) is -1.00. The summed E-state index contributed by atoms with van der Waals surface area (Å²) in [6.45, 7) is 3.97.